The number of aryl methyl sites for hydroxylation is 2. The molecule has 0 N–H and O–H groups in total. The van der Waals surface area contributed by atoms with Crippen molar-refractivity contribution in [2.75, 3.05) is 40.0 Å². The Labute approximate surface area is 174 Å². The van der Waals surface area contributed by atoms with Crippen LogP contribution in [0.3, 0.4) is 0 Å². The summed E-state index contributed by atoms with van der Waals surface area (Å²) in [7, 11) is 6.10. The lowest BCUT2D eigenvalue weighted by molar-refractivity contribution is -0.127. The monoisotopic (exact) mass is 408 g/mol. The highest BCUT2D eigenvalue weighted by molar-refractivity contribution is 8.04. The second-order valence-corrected chi connectivity index (χ2v) is 10.5. The molecule has 2 atom stereocenters. The quantitative estimate of drug-likeness (QED) is 0.583. The molecule has 1 saturated carbocycles. The molecule has 0 bridgehead atoms. The fourth-order valence-electron chi connectivity index (χ4n) is 3.52. The number of benzene rings is 1. The highest BCUT2D eigenvalue weighted by Gasteiger charge is 2.27. The summed E-state index contributed by atoms with van der Waals surface area (Å²) in [5.41, 5.74) is 2.71. The van der Waals surface area contributed by atoms with Crippen molar-refractivity contribution in [1.82, 2.24) is 9.80 Å². The standard InChI is InChI=1S/C22H36N2OS2/c1-17-11-12-19(18(2)15-17)27-21-10-7-6-9-20(21)26-16-22(25)24(5)14-8-13-23(3)4/h11-12,15,20-21H,6-10,13-14,16H2,1-5H3. The third-order valence-electron chi connectivity index (χ3n) is 5.20. The lowest BCUT2D eigenvalue weighted by Crippen LogP contribution is -2.33. The molecule has 2 unspecified atom stereocenters. The van der Waals surface area contributed by atoms with Gasteiger partial charge in [-0.05, 0) is 65.4 Å². The van der Waals surface area contributed by atoms with Crippen LogP contribution in [0.2, 0.25) is 0 Å². The first-order valence-electron chi connectivity index (χ1n) is 10.1. The summed E-state index contributed by atoms with van der Waals surface area (Å²) < 4.78 is 0. The van der Waals surface area contributed by atoms with E-state index in [-0.39, 0.29) is 5.91 Å². The zero-order valence-electron chi connectivity index (χ0n) is 17.7. The Bertz CT molecular complexity index is 606. The number of rotatable bonds is 9. The maximum Gasteiger partial charge on any atom is 0.232 e. The van der Waals surface area contributed by atoms with Crippen molar-refractivity contribution in [3.05, 3.63) is 29.3 Å². The Morgan fingerprint density at radius 1 is 1.07 bits per heavy atom. The molecule has 0 radical (unpaired) electrons. The van der Waals surface area contributed by atoms with Crippen LogP contribution in [-0.2, 0) is 4.79 Å². The van der Waals surface area contributed by atoms with Gasteiger partial charge in [0, 0.05) is 29.0 Å². The topological polar surface area (TPSA) is 23.6 Å². The van der Waals surface area contributed by atoms with Crippen molar-refractivity contribution in [3.63, 3.8) is 0 Å². The highest BCUT2D eigenvalue weighted by atomic mass is 32.2. The molecule has 1 aliphatic rings. The molecule has 1 aromatic carbocycles. The van der Waals surface area contributed by atoms with Crippen LogP contribution in [0.15, 0.2) is 23.1 Å². The normalized spacial score (nSPS) is 20.1. The van der Waals surface area contributed by atoms with Crippen LogP contribution < -0.4 is 0 Å². The van der Waals surface area contributed by atoms with E-state index in [2.05, 4.69) is 51.0 Å². The van der Waals surface area contributed by atoms with Crippen molar-refractivity contribution >= 4 is 29.4 Å². The first-order chi connectivity index (χ1) is 12.9. The number of hydrogen-bond donors (Lipinski definition) is 0. The first-order valence-corrected chi connectivity index (χ1v) is 12.0. The maximum atomic E-state index is 12.5. The molecule has 152 valence electrons. The lowest BCUT2D eigenvalue weighted by atomic mass is 10.00. The summed E-state index contributed by atoms with van der Waals surface area (Å²) in [4.78, 5) is 18.0. The van der Waals surface area contributed by atoms with E-state index in [0.29, 0.717) is 16.3 Å². The van der Waals surface area contributed by atoms with Gasteiger partial charge in [-0.3, -0.25) is 4.79 Å². The predicted octanol–water partition coefficient (Wildman–Crippen LogP) is 4.85. The fourth-order valence-corrected chi connectivity index (χ4v) is 6.47. The van der Waals surface area contributed by atoms with E-state index < -0.39 is 0 Å². The number of hydrogen-bond acceptors (Lipinski definition) is 4. The molecule has 27 heavy (non-hydrogen) atoms. The Kier molecular flexibility index (Phi) is 9.54. The van der Waals surface area contributed by atoms with Gasteiger partial charge in [0.2, 0.25) is 5.91 Å². The van der Waals surface area contributed by atoms with Crippen LogP contribution in [0.5, 0.6) is 0 Å². The Hall–Kier alpha value is -0.650. The Balaban J connectivity index is 1.84. The van der Waals surface area contributed by atoms with Gasteiger partial charge in [-0.15, -0.1) is 23.5 Å². The number of nitrogens with zero attached hydrogens (tertiary/aromatic N) is 2. The van der Waals surface area contributed by atoms with Crippen LogP contribution in [0.4, 0.5) is 0 Å². The van der Waals surface area contributed by atoms with Crippen molar-refractivity contribution in [3.8, 4) is 0 Å². The van der Waals surface area contributed by atoms with Gasteiger partial charge in [0.25, 0.3) is 0 Å². The molecule has 0 aromatic heterocycles. The molecule has 2 rings (SSSR count). The van der Waals surface area contributed by atoms with Gasteiger partial charge in [0.05, 0.1) is 5.75 Å². The number of thioether (sulfide) groups is 2. The van der Waals surface area contributed by atoms with E-state index in [9.17, 15) is 4.79 Å². The number of carbonyl (C=O) groups is 1. The van der Waals surface area contributed by atoms with Gasteiger partial charge in [0.15, 0.2) is 0 Å². The summed E-state index contributed by atoms with van der Waals surface area (Å²) in [5.74, 6) is 0.896. The number of carbonyl (C=O) groups excluding carboxylic acids is 1. The molecule has 1 aliphatic carbocycles. The minimum absolute atomic E-state index is 0.277. The minimum Gasteiger partial charge on any atom is -0.345 e. The van der Waals surface area contributed by atoms with Crippen molar-refractivity contribution < 1.29 is 4.79 Å². The number of amides is 1. The Morgan fingerprint density at radius 2 is 1.78 bits per heavy atom. The molecule has 0 spiro atoms. The van der Waals surface area contributed by atoms with Crippen molar-refractivity contribution in [1.29, 1.82) is 0 Å². The van der Waals surface area contributed by atoms with Gasteiger partial charge < -0.3 is 9.80 Å². The van der Waals surface area contributed by atoms with Crippen LogP contribution in [0.25, 0.3) is 0 Å². The summed E-state index contributed by atoms with van der Waals surface area (Å²) in [6.07, 6.45) is 6.16. The van der Waals surface area contributed by atoms with Crippen LogP contribution in [-0.4, -0.2) is 66.2 Å². The second-order valence-electron chi connectivity index (χ2n) is 8.03. The van der Waals surface area contributed by atoms with Crippen LogP contribution >= 0.6 is 23.5 Å². The van der Waals surface area contributed by atoms with E-state index in [4.69, 9.17) is 0 Å². The zero-order valence-corrected chi connectivity index (χ0v) is 19.3. The Morgan fingerprint density at radius 3 is 2.44 bits per heavy atom. The molecular formula is C22H36N2OS2. The molecule has 1 amide bonds. The minimum atomic E-state index is 0.277. The average Bonchev–Trinajstić information content (AvgIpc) is 2.62. The van der Waals surface area contributed by atoms with Gasteiger partial charge in [-0.25, -0.2) is 0 Å². The van der Waals surface area contributed by atoms with Gasteiger partial charge >= 0.3 is 0 Å². The molecule has 0 saturated heterocycles. The largest absolute Gasteiger partial charge is 0.345 e. The van der Waals surface area contributed by atoms with E-state index in [1.54, 1.807) is 0 Å². The molecule has 5 heteroatoms. The van der Waals surface area contributed by atoms with Gasteiger partial charge in [-0.2, -0.15) is 0 Å². The SMILES string of the molecule is Cc1ccc(SC2CCCCC2SCC(=O)N(C)CCCN(C)C)c(C)c1. The fraction of sp³-hybridized carbons (Fsp3) is 0.682. The molecule has 1 aromatic rings. The molecule has 0 aliphatic heterocycles. The summed E-state index contributed by atoms with van der Waals surface area (Å²) in [6.45, 7) is 6.25. The summed E-state index contributed by atoms with van der Waals surface area (Å²) >= 11 is 3.92. The maximum absolute atomic E-state index is 12.5. The summed E-state index contributed by atoms with van der Waals surface area (Å²) in [6, 6.07) is 6.77. The molecule has 0 heterocycles. The highest BCUT2D eigenvalue weighted by Crippen LogP contribution is 2.40. The molecular weight excluding hydrogens is 372 g/mol. The van der Waals surface area contributed by atoms with Crippen LogP contribution in [0, 0.1) is 13.8 Å². The average molecular weight is 409 g/mol. The van der Waals surface area contributed by atoms with Gasteiger partial charge in [-0.1, -0.05) is 30.5 Å². The van der Waals surface area contributed by atoms with E-state index >= 15 is 0 Å². The lowest BCUT2D eigenvalue weighted by Gasteiger charge is -2.31. The van der Waals surface area contributed by atoms with Crippen LogP contribution in [0.1, 0.15) is 43.2 Å². The van der Waals surface area contributed by atoms with Crippen molar-refractivity contribution in [2.24, 2.45) is 0 Å². The third-order valence-corrected chi connectivity index (χ3v) is 8.35. The molecule has 3 nitrogen and oxygen atoms in total. The predicted molar refractivity (Wildman–Crippen MR) is 121 cm³/mol. The van der Waals surface area contributed by atoms with Crippen molar-refractivity contribution in [2.45, 2.75) is 61.3 Å². The second kappa shape index (κ2) is 11.4. The van der Waals surface area contributed by atoms with E-state index in [0.717, 1.165) is 19.5 Å². The van der Waals surface area contributed by atoms with E-state index in [1.165, 1.54) is 41.7 Å². The summed E-state index contributed by atoms with van der Waals surface area (Å²) in [5, 5.41) is 1.21. The van der Waals surface area contributed by atoms with Gasteiger partial charge in [0.1, 0.15) is 0 Å². The molecule has 1 fully saturated rings. The smallest absolute Gasteiger partial charge is 0.232 e. The van der Waals surface area contributed by atoms with E-state index in [1.807, 2.05) is 35.5 Å². The zero-order chi connectivity index (χ0) is 19.8. The first kappa shape index (κ1) is 22.6. The third kappa shape index (κ3) is 7.71.